The van der Waals surface area contributed by atoms with Crippen LogP contribution >= 0.6 is 0 Å². The van der Waals surface area contributed by atoms with E-state index in [0.29, 0.717) is 29.8 Å². The summed E-state index contributed by atoms with van der Waals surface area (Å²) >= 11 is 0. The van der Waals surface area contributed by atoms with E-state index in [0.717, 1.165) is 43.7 Å². The summed E-state index contributed by atoms with van der Waals surface area (Å²) in [7, 11) is 0. The summed E-state index contributed by atoms with van der Waals surface area (Å²) in [6.45, 7) is 9.17. The Labute approximate surface area is 224 Å². The van der Waals surface area contributed by atoms with Gasteiger partial charge in [0.1, 0.15) is 11.6 Å². The molecule has 0 saturated carbocycles. The molecule has 0 aliphatic carbocycles. The molecule has 4 unspecified atom stereocenters. The Kier molecular flexibility index (Phi) is 10.8. The Morgan fingerprint density at radius 3 is 2.26 bits per heavy atom. The van der Waals surface area contributed by atoms with Crippen molar-refractivity contribution in [3.63, 3.8) is 0 Å². The summed E-state index contributed by atoms with van der Waals surface area (Å²) < 4.78 is 27.8. The van der Waals surface area contributed by atoms with Crippen molar-refractivity contribution in [1.82, 2.24) is 15.5 Å². The van der Waals surface area contributed by atoms with Crippen molar-refractivity contribution in [3.8, 4) is 0 Å². The van der Waals surface area contributed by atoms with E-state index in [1.165, 1.54) is 12.1 Å². The van der Waals surface area contributed by atoms with E-state index < -0.39 is 29.7 Å². The van der Waals surface area contributed by atoms with E-state index in [1.807, 2.05) is 27.7 Å². The lowest BCUT2D eigenvalue weighted by Crippen LogP contribution is -2.56. The first kappa shape index (κ1) is 29.7. The number of piperidine rings is 1. The fourth-order valence-electron chi connectivity index (χ4n) is 5.29. The van der Waals surface area contributed by atoms with E-state index >= 15 is 0 Å². The van der Waals surface area contributed by atoms with Crippen molar-refractivity contribution < 1.29 is 23.5 Å². The molecule has 0 spiro atoms. The van der Waals surface area contributed by atoms with Gasteiger partial charge in [0.15, 0.2) is 0 Å². The average Bonchev–Trinajstić information content (AvgIpc) is 2.86. The van der Waals surface area contributed by atoms with Gasteiger partial charge in [-0.25, -0.2) is 8.78 Å². The first-order chi connectivity index (χ1) is 18.1. The zero-order valence-electron chi connectivity index (χ0n) is 22.9. The molecular formula is C30H41F2N3O3. The van der Waals surface area contributed by atoms with Crippen LogP contribution in [0.1, 0.15) is 84.7 Å². The molecule has 0 bridgehead atoms. The maximum atomic E-state index is 13.9. The largest absolute Gasteiger partial charge is 0.389 e. The molecule has 1 heterocycles. The number of carbonyl (C=O) groups excluding carboxylic acids is 2. The highest BCUT2D eigenvalue weighted by Gasteiger charge is 2.32. The van der Waals surface area contributed by atoms with Crippen molar-refractivity contribution in [2.75, 3.05) is 13.1 Å². The van der Waals surface area contributed by atoms with E-state index in [2.05, 4.69) is 10.6 Å². The SMILES string of the molecule is CCCN(CCC)C(=O)c1cc(C)cc(C(=O)NC(Cc2cc(F)cc(F)c2)C(O)C2CCCC(C)N2)c1. The highest BCUT2D eigenvalue weighted by molar-refractivity contribution is 6.00. The zero-order chi connectivity index (χ0) is 27.8. The molecule has 1 aliphatic heterocycles. The molecular weight excluding hydrogens is 488 g/mol. The molecule has 38 heavy (non-hydrogen) atoms. The van der Waals surface area contributed by atoms with Crippen LogP contribution < -0.4 is 10.6 Å². The van der Waals surface area contributed by atoms with E-state index in [9.17, 15) is 23.5 Å². The highest BCUT2D eigenvalue weighted by Crippen LogP contribution is 2.21. The van der Waals surface area contributed by atoms with Crippen LogP contribution in [0.4, 0.5) is 8.78 Å². The predicted octanol–water partition coefficient (Wildman–Crippen LogP) is 4.77. The average molecular weight is 530 g/mol. The predicted molar refractivity (Wildman–Crippen MR) is 145 cm³/mol. The van der Waals surface area contributed by atoms with Crippen molar-refractivity contribution >= 4 is 11.8 Å². The van der Waals surface area contributed by atoms with Gasteiger partial charge in [0.05, 0.1) is 12.1 Å². The van der Waals surface area contributed by atoms with Crippen LogP contribution in [0.25, 0.3) is 0 Å². The lowest BCUT2D eigenvalue weighted by Gasteiger charge is -2.36. The maximum Gasteiger partial charge on any atom is 0.253 e. The molecule has 0 aromatic heterocycles. The minimum atomic E-state index is -0.983. The molecule has 1 aliphatic rings. The Bertz CT molecular complexity index is 1080. The zero-order valence-corrected chi connectivity index (χ0v) is 22.9. The Hall–Kier alpha value is -2.84. The molecule has 1 fully saturated rings. The molecule has 6 nitrogen and oxygen atoms in total. The monoisotopic (exact) mass is 529 g/mol. The smallest absolute Gasteiger partial charge is 0.253 e. The van der Waals surface area contributed by atoms with Gasteiger partial charge >= 0.3 is 0 Å². The molecule has 2 aromatic rings. The van der Waals surface area contributed by atoms with Gasteiger partial charge in [-0.1, -0.05) is 20.3 Å². The number of carbonyl (C=O) groups is 2. The molecule has 2 aromatic carbocycles. The van der Waals surface area contributed by atoms with E-state index in [4.69, 9.17) is 0 Å². The number of aliphatic hydroxyl groups excluding tert-OH is 1. The minimum Gasteiger partial charge on any atom is -0.389 e. The van der Waals surface area contributed by atoms with Gasteiger partial charge in [-0.2, -0.15) is 0 Å². The van der Waals surface area contributed by atoms with Crippen LogP contribution in [-0.4, -0.2) is 59.1 Å². The van der Waals surface area contributed by atoms with Gasteiger partial charge in [0, 0.05) is 42.4 Å². The normalized spacial score (nSPS) is 19.0. The van der Waals surface area contributed by atoms with Gasteiger partial charge in [0.2, 0.25) is 0 Å². The molecule has 3 N–H and O–H groups in total. The lowest BCUT2D eigenvalue weighted by molar-refractivity contribution is 0.0600. The summed E-state index contributed by atoms with van der Waals surface area (Å²) in [6, 6.07) is 7.41. The van der Waals surface area contributed by atoms with Gasteiger partial charge in [-0.15, -0.1) is 0 Å². The number of hydrogen-bond donors (Lipinski definition) is 3. The highest BCUT2D eigenvalue weighted by atomic mass is 19.1. The van der Waals surface area contributed by atoms with Crippen LogP contribution in [0.15, 0.2) is 36.4 Å². The summed E-state index contributed by atoms with van der Waals surface area (Å²) in [5.74, 6) is -2.01. The van der Waals surface area contributed by atoms with Gasteiger partial charge in [0.25, 0.3) is 11.8 Å². The number of hydrogen-bond acceptors (Lipinski definition) is 4. The number of halogens is 2. The second-order valence-corrected chi connectivity index (χ2v) is 10.5. The first-order valence-electron chi connectivity index (χ1n) is 13.7. The summed E-state index contributed by atoms with van der Waals surface area (Å²) in [4.78, 5) is 28.5. The number of aliphatic hydroxyl groups is 1. The molecule has 3 rings (SSSR count). The quantitative estimate of drug-likeness (QED) is 0.392. The first-order valence-corrected chi connectivity index (χ1v) is 13.7. The summed E-state index contributed by atoms with van der Waals surface area (Å²) in [5.41, 5.74) is 1.84. The van der Waals surface area contributed by atoms with E-state index in [1.54, 1.807) is 23.1 Å². The number of nitrogens with one attached hydrogen (secondary N) is 2. The van der Waals surface area contributed by atoms with Gasteiger partial charge < -0.3 is 20.6 Å². The number of amides is 2. The van der Waals surface area contributed by atoms with E-state index in [-0.39, 0.29) is 24.4 Å². The minimum absolute atomic E-state index is 0.0481. The Morgan fingerprint density at radius 2 is 1.66 bits per heavy atom. The second-order valence-electron chi connectivity index (χ2n) is 10.5. The number of benzene rings is 2. The van der Waals surface area contributed by atoms with Gasteiger partial charge in [-0.3, -0.25) is 9.59 Å². The van der Waals surface area contributed by atoms with Crippen molar-refractivity contribution in [1.29, 1.82) is 0 Å². The third-order valence-corrected chi connectivity index (χ3v) is 7.03. The molecule has 208 valence electrons. The molecule has 1 saturated heterocycles. The van der Waals surface area contributed by atoms with Crippen LogP contribution in [0.5, 0.6) is 0 Å². The Balaban J connectivity index is 1.87. The number of aryl methyl sites for hydroxylation is 1. The molecule has 0 radical (unpaired) electrons. The van der Waals surface area contributed by atoms with Crippen LogP contribution in [0, 0.1) is 18.6 Å². The topological polar surface area (TPSA) is 81.7 Å². The number of nitrogens with zero attached hydrogens (tertiary/aromatic N) is 1. The van der Waals surface area contributed by atoms with Gasteiger partial charge in [-0.05, 0) is 87.4 Å². The molecule has 8 heteroatoms. The third-order valence-electron chi connectivity index (χ3n) is 7.03. The Morgan fingerprint density at radius 1 is 1.03 bits per heavy atom. The number of rotatable bonds is 11. The van der Waals surface area contributed by atoms with Crippen LogP contribution in [0.2, 0.25) is 0 Å². The van der Waals surface area contributed by atoms with Crippen molar-refractivity contribution in [3.05, 3.63) is 70.3 Å². The second kappa shape index (κ2) is 13.8. The van der Waals surface area contributed by atoms with Crippen LogP contribution in [-0.2, 0) is 6.42 Å². The molecule has 4 atom stereocenters. The standard InChI is InChI=1S/C30H41F2N3O3/c1-5-10-35(11-6-2)30(38)23-13-19(3)12-22(17-23)29(37)34-27(16-21-14-24(31)18-25(32)15-21)28(36)26-9-7-8-20(4)33-26/h12-15,17-18,20,26-28,33,36H,5-11,16H2,1-4H3,(H,34,37). The van der Waals surface area contributed by atoms with Crippen molar-refractivity contribution in [2.24, 2.45) is 0 Å². The fourth-order valence-corrected chi connectivity index (χ4v) is 5.29. The third kappa shape index (κ3) is 8.08. The van der Waals surface area contributed by atoms with Crippen LogP contribution in [0.3, 0.4) is 0 Å². The maximum absolute atomic E-state index is 13.9. The van der Waals surface area contributed by atoms with Crippen molar-refractivity contribution in [2.45, 2.75) is 90.4 Å². The summed E-state index contributed by atoms with van der Waals surface area (Å²) in [5, 5.41) is 17.6. The lowest BCUT2D eigenvalue weighted by atomic mass is 9.89. The summed E-state index contributed by atoms with van der Waals surface area (Å²) in [6.07, 6.45) is 3.37. The molecule has 2 amide bonds. The fraction of sp³-hybridized carbons (Fsp3) is 0.533.